The van der Waals surface area contributed by atoms with Crippen LogP contribution in [0.3, 0.4) is 0 Å². The van der Waals surface area contributed by atoms with Crippen LogP contribution in [0, 0.1) is 0 Å². The molecule has 1 unspecified atom stereocenters. The molecule has 112 valence electrons. The van der Waals surface area contributed by atoms with Gasteiger partial charge in [0.15, 0.2) is 0 Å². The van der Waals surface area contributed by atoms with Crippen LogP contribution in [0.4, 0.5) is 0 Å². The zero-order valence-corrected chi connectivity index (χ0v) is 13.3. The molecule has 2 N–H and O–H groups in total. The van der Waals surface area contributed by atoms with Crippen LogP contribution < -0.4 is 5.73 Å². The molecule has 1 atom stereocenters. The smallest absolute Gasteiger partial charge is 0.244 e. The van der Waals surface area contributed by atoms with E-state index in [2.05, 4.69) is 4.90 Å². The van der Waals surface area contributed by atoms with Crippen molar-refractivity contribution in [3.63, 3.8) is 0 Å². The van der Waals surface area contributed by atoms with Gasteiger partial charge in [-0.05, 0) is 31.7 Å². The first kappa shape index (κ1) is 15.7. The molecule has 5 nitrogen and oxygen atoms in total. The van der Waals surface area contributed by atoms with Gasteiger partial charge >= 0.3 is 0 Å². The minimum Gasteiger partial charge on any atom is -0.326 e. The van der Waals surface area contributed by atoms with E-state index in [9.17, 15) is 8.42 Å². The van der Waals surface area contributed by atoms with Crippen LogP contribution in [-0.4, -0.2) is 50.3 Å². The Morgan fingerprint density at radius 3 is 2.65 bits per heavy atom. The Kier molecular flexibility index (Phi) is 4.71. The predicted octanol–water partition coefficient (Wildman–Crippen LogP) is 1.12. The maximum absolute atomic E-state index is 12.7. The second-order valence-corrected chi connectivity index (χ2v) is 7.48. The SMILES string of the molecule is CC1CN(S(=O)(=O)c2ccc(CN)cc2Cl)CCN1C. The van der Waals surface area contributed by atoms with Crippen LogP contribution in [-0.2, 0) is 16.6 Å². The number of sulfonamides is 1. The molecule has 1 heterocycles. The Morgan fingerprint density at radius 1 is 1.40 bits per heavy atom. The Morgan fingerprint density at radius 2 is 2.10 bits per heavy atom. The van der Waals surface area contributed by atoms with Crippen molar-refractivity contribution in [3.8, 4) is 0 Å². The second kappa shape index (κ2) is 5.99. The van der Waals surface area contributed by atoms with Gasteiger partial charge in [0.1, 0.15) is 4.90 Å². The fourth-order valence-corrected chi connectivity index (χ4v) is 4.31. The van der Waals surface area contributed by atoms with Gasteiger partial charge in [-0.15, -0.1) is 0 Å². The fourth-order valence-electron chi connectivity index (χ4n) is 2.25. The van der Waals surface area contributed by atoms with Gasteiger partial charge < -0.3 is 10.6 Å². The highest BCUT2D eigenvalue weighted by Crippen LogP contribution is 2.27. The number of halogens is 1. The molecule has 1 aliphatic heterocycles. The molecule has 0 radical (unpaired) electrons. The molecule has 1 saturated heterocycles. The fraction of sp³-hybridized carbons (Fsp3) is 0.538. The third-order valence-electron chi connectivity index (χ3n) is 3.77. The minimum absolute atomic E-state index is 0.160. The quantitative estimate of drug-likeness (QED) is 0.907. The first-order valence-corrected chi connectivity index (χ1v) is 8.37. The number of benzene rings is 1. The average molecular weight is 318 g/mol. The van der Waals surface area contributed by atoms with Gasteiger partial charge in [0.2, 0.25) is 10.0 Å². The van der Waals surface area contributed by atoms with Crippen LogP contribution in [0.15, 0.2) is 23.1 Å². The topological polar surface area (TPSA) is 66.6 Å². The number of piperazine rings is 1. The van der Waals surface area contributed by atoms with Gasteiger partial charge in [0, 0.05) is 32.2 Å². The maximum Gasteiger partial charge on any atom is 0.244 e. The number of nitrogens with zero attached hydrogens (tertiary/aromatic N) is 2. The van der Waals surface area contributed by atoms with Crippen LogP contribution >= 0.6 is 11.6 Å². The van der Waals surface area contributed by atoms with Crippen molar-refractivity contribution < 1.29 is 8.42 Å². The summed E-state index contributed by atoms with van der Waals surface area (Å²) < 4.78 is 26.8. The van der Waals surface area contributed by atoms with E-state index in [0.717, 1.165) is 12.1 Å². The van der Waals surface area contributed by atoms with Crippen molar-refractivity contribution in [2.45, 2.75) is 24.4 Å². The molecule has 7 heteroatoms. The molecular formula is C13H20ClN3O2S. The molecule has 1 aliphatic rings. The Hall–Kier alpha value is -0.660. The lowest BCUT2D eigenvalue weighted by atomic mass is 10.2. The first-order valence-electron chi connectivity index (χ1n) is 6.55. The van der Waals surface area contributed by atoms with E-state index < -0.39 is 10.0 Å². The van der Waals surface area contributed by atoms with Crippen LogP contribution in [0.1, 0.15) is 12.5 Å². The van der Waals surface area contributed by atoms with E-state index in [0.29, 0.717) is 19.6 Å². The molecule has 0 aromatic heterocycles. The summed E-state index contributed by atoms with van der Waals surface area (Å²) in [5.41, 5.74) is 6.35. The summed E-state index contributed by atoms with van der Waals surface area (Å²) >= 11 is 6.11. The Bertz CT molecular complexity index is 591. The Balaban J connectivity index is 2.31. The summed E-state index contributed by atoms with van der Waals surface area (Å²) in [6.45, 7) is 4.04. The van der Waals surface area contributed by atoms with Crippen LogP contribution in [0.2, 0.25) is 5.02 Å². The summed E-state index contributed by atoms with van der Waals surface area (Å²) in [6, 6.07) is 5.07. The van der Waals surface area contributed by atoms with Gasteiger partial charge in [-0.3, -0.25) is 0 Å². The average Bonchev–Trinajstić information content (AvgIpc) is 2.41. The minimum atomic E-state index is -3.54. The van der Waals surface area contributed by atoms with E-state index in [1.165, 1.54) is 4.31 Å². The van der Waals surface area contributed by atoms with Crippen molar-refractivity contribution in [1.29, 1.82) is 0 Å². The first-order chi connectivity index (χ1) is 9.36. The predicted molar refractivity (Wildman–Crippen MR) is 80.2 cm³/mol. The van der Waals surface area contributed by atoms with E-state index in [1.54, 1.807) is 18.2 Å². The molecule has 1 aromatic carbocycles. The molecule has 1 aromatic rings. The number of rotatable bonds is 3. The lowest BCUT2D eigenvalue weighted by Crippen LogP contribution is -2.51. The summed E-state index contributed by atoms with van der Waals surface area (Å²) in [6.07, 6.45) is 0. The van der Waals surface area contributed by atoms with E-state index in [-0.39, 0.29) is 16.0 Å². The third-order valence-corrected chi connectivity index (χ3v) is 6.12. The summed E-state index contributed by atoms with van der Waals surface area (Å²) in [7, 11) is -1.54. The van der Waals surface area contributed by atoms with Crippen molar-refractivity contribution in [2.24, 2.45) is 5.73 Å². The zero-order valence-electron chi connectivity index (χ0n) is 11.7. The zero-order chi connectivity index (χ0) is 14.9. The molecule has 20 heavy (non-hydrogen) atoms. The molecular weight excluding hydrogens is 298 g/mol. The largest absolute Gasteiger partial charge is 0.326 e. The highest BCUT2D eigenvalue weighted by atomic mass is 35.5. The summed E-state index contributed by atoms with van der Waals surface area (Å²) in [4.78, 5) is 2.30. The van der Waals surface area contributed by atoms with E-state index in [4.69, 9.17) is 17.3 Å². The Labute approximate surface area is 125 Å². The number of likely N-dealkylation sites (N-methyl/N-ethyl adjacent to an activating group) is 1. The molecule has 0 spiro atoms. The lowest BCUT2D eigenvalue weighted by molar-refractivity contribution is 0.159. The van der Waals surface area contributed by atoms with Crippen LogP contribution in [0.5, 0.6) is 0 Å². The molecule has 2 rings (SSSR count). The summed E-state index contributed by atoms with van der Waals surface area (Å²) in [5, 5.41) is 0.236. The second-order valence-electron chi connectivity index (χ2n) is 5.16. The van der Waals surface area contributed by atoms with Gasteiger partial charge in [-0.1, -0.05) is 17.7 Å². The van der Waals surface area contributed by atoms with Crippen molar-refractivity contribution >= 4 is 21.6 Å². The van der Waals surface area contributed by atoms with Crippen molar-refractivity contribution in [2.75, 3.05) is 26.7 Å². The van der Waals surface area contributed by atoms with Crippen molar-refractivity contribution in [1.82, 2.24) is 9.21 Å². The summed E-state index contributed by atoms with van der Waals surface area (Å²) in [5.74, 6) is 0. The van der Waals surface area contributed by atoms with E-state index >= 15 is 0 Å². The normalized spacial score (nSPS) is 22.1. The molecule has 0 bridgehead atoms. The van der Waals surface area contributed by atoms with Gasteiger partial charge in [0.25, 0.3) is 0 Å². The lowest BCUT2D eigenvalue weighted by Gasteiger charge is -2.36. The third kappa shape index (κ3) is 2.99. The van der Waals surface area contributed by atoms with Gasteiger partial charge in [-0.25, -0.2) is 8.42 Å². The molecule has 0 amide bonds. The molecule has 1 fully saturated rings. The van der Waals surface area contributed by atoms with E-state index in [1.807, 2.05) is 14.0 Å². The molecule has 0 saturated carbocycles. The van der Waals surface area contributed by atoms with Crippen molar-refractivity contribution in [3.05, 3.63) is 28.8 Å². The highest BCUT2D eigenvalue weighted by Gasteiger charge is 2.32. The number of hydrogen-bond acceptors (Lipinski definition) is 4. The molecule has 0 aliphatic carbocycles. The maximum atomic E-state index is 12.7. The number of hydrogen-bond donors (Lipinski definition) is 1. The van der Waals surface area contributed by atoms with Crippen LogP contribution in [0.25, 0.3) is 0 Å². The standard InChI is InChI=1S/C13H20ClN3O2S/c1-10-9-17(6-5-16(10)2)20(18,19)13-4-3-11(8-15)7-12(13)14/h3-4,7,10H,5-6,8-9,15H2,1-2H3. The monoisotopic (exact) mass is 317 g/mol. The number of nitrogens with two attached hydrogens (primary N) is 1. The van der Waals surface area contributed by atoms with Gasteiger partial charge in [0.05, 0.1) is 5.02 Å². The highest BCUT2D eigenvalue weighted by molar-refractivity contribution is 7.89. The van der Waals surface area contributed by atoms with Gasteiger partial charge in [-0.2, -0.15) is 4.31 Å².